The summed E-state index contributed by atoms with van der Waals surface area (Å²) in [6, 6.07) is 0.272. The first-order valence-electron chi connectivity index (χ1n) is 7.21. The van der Waals surface area contributed by atoms with Crippen LogP contribution in [0.25, 0.3) is 0 Å². The quantitative estimate of drug-likeness (QED) is 0.841. The Balaban J connectivity index is 1.53. The molecule has 0 bridgehead atoms. The summed E-state index contributed by atoms with van der Waals surface area (Å²) in [5, 5.41) is 3.16. The predicted octanol–water partition coefficient (Wildman–Crippen LogP) is 2.73. The number of hydrogen-bond acceptors (Lipinski definition) is 4. The normalized spacial score (nSPS) is 26.4. The number of ether oxygens (including phenoxy) is 1. The first kappa shape index (κ1) is 14.2. The lowest BCUT2D eigenvalue weighted by molar-refractivity contribution is -0.122. The number of amides is 1. The van der Waals surface area contributed by atoms with Gasteiger partial charge in [0.15, 0.2) is 3.95 Å². The van der Waals surface area contributed by atoms with Crippen LogP contribution in [0.2, 0.25) is 0 Å². The van der Waals surface area contributed by atoms with E-state index >= 15 is 0 Å². The SMILES string of the molecule is Cc1[nH]c(=S)sc1CC(=O)N[C@@H]1CCO[C@H](C2CC2)C1. The molecule has 0 radical (unpaired) electrons. The highest BCUT2D eigenvalue weighted by atomic mass is 32.1. The van der Waals surface area contributed by atoms with Gasteiger partial charge in [0, 0.05) is 23.2 Å². The van der Waals surface area contributed by atoms with E-state index in [1.165, 1.54) is 24.2 Å². The summed E-state index contributed by atoms with van der Waals surface area (Å²) in [6.45, 7) is 2.74. The van der Waals surface area contributed by atoms with Gasteiger partial charge in [-0.2, -0.15) is 0 Å². The second-order valence-corrected chi connectivity index (χ2v) is 7.55. The monoisotopic (exact) mass is 312 g/mol. The van der Waals surface area contributed by atoms with Crippen LogP contribution >= 0.6 is 23.6 Å². The summed E-state index contributed by atoms with van der Waals surface area (Å²) in [5.74, 6) is 0.839. The minimum Gasteiger partial charge on any atom is -0.378 e. The fraction of sp³-hybridized carbons (Fsp3) is 0.714. The topological polar surface area (TPSA) is 54.1 Å². The van der Waals surface area contributed by atoms with Gasteiger partial charge >= 0.3 is 0 Å². The van der Waals surface area contributed by atoms with Crippen LogP contribution in [0, 0.1) is 16.8 Å². The highest BCUT2D eigenvalue weighted by molar-refractivity contribution is 7.73. The molecule has 6 heteroatoms. The zero-order valence-corrected chi connectivity index (χ0v) is 13.2. The number of aromatic amines is 1. The third-order valence-corrected chi connectivity index (χ3v) is 5.41. The number of aryl methyl sites for hydroxylation is 1. The van der Waals surface area contributed by atoms with Gasteiger partial charge in [0.05, 0.1) is 12.5 Å². The van der Waals surface area contributed by atoms with Crippen molar-refractivity contribution in [2.75, 3.05) is 6.61 Å². The summed E-state index contributed by atoms with van der Waals surface area (Å²) in [7, 11) is 0. The lowest BCUT2D eigenvalue weighted by Gasteiger charge is -2.30. The molecule has 2 aliphatic rings. The van der Waals surface area contributed by atoms with Crippen molar-refractivity contribution in [1.29, 1.82) is 0 Å². The lowest BCUT2D eigenvalue weighted by Crippen LogP contribution is -2.43. The lowest BCUT2D eigenvalue weighted by atomic mass is 10.00. The molecule has 1 aliphatic heterocycles. The van der Waals surface area contributed by atoms with Gasteiger partial charge in [-0.1, -0.05) is 0 Å². The zero-order valence-electron chi connectivity index (χ0n) is 11.6. The largest absolute Gasteiger partial charge is 0.378 e. The molecule has 4 nitrogen and oxygen atoms in total. The van der Waals surface area contributed by atoms with Crippen LogP contribution in [0.1, 0.15) is 36.3 Å². The Kier molecular flexibility index (Phi) is 4.23. The van der Waals surface area contributed by atoms with E-state index in [0.29, 0.717) is 12.5 Å². The number of carbonyl (C=O) groups excluding carboxylic acids is 1. The number of H-pyrrole nitrogens is 1. The molecule has 2 heterocycles. The van der Waals surface area contributed by atoms with E-state index in [-0.39, 0.29) is 11.9 Å². The summed E-state index contributed by atoms with van der Waals surface area (Å²) < 4.78 is 6.53. The molecule has 0 spiro atoms. The highest BCUT2D eigenvalue weighted by Gasteiger charge is 2.36. The molecule has 1 saturated carbocycles. The molecule has 1 saturated heterocycles. The Hall–Kier alpha value is -0.720. The number of nitrogens with one attached hydrogen (secondary N) is 2. The highest BCUT2D eigenvalue weighted by Crippen LogP contribution is 2.38. The molecule has 2 N–H and O–H groups in total. The number of aromatic nitrogens is 1. The van der Waals surface area contributed by atoms with Crippen LogP contribution < -0.4 is 5.32 Å². The summed E-state index contributed by atoms with van der Waals surface area (Å²) >= 11 is 6.59. The molecule has 20 heavy (non-hydrogen) atoms. The van der Waals surface area contributed by atoms with Crippen LogP contribution in [0.4, 0.5) is 0 Å². The summed E-state index contributed by atoms with van der Waals surface area (Å²) in [5.41, 5.74) is 1.01. The van der Waals surface area contributed by atoms with E-state index in [1.807, 2.05) is 6.92 Å². The Morgan fingerprint density at radius 3 is 2.95 bits per heavy atom. The van der Waals surface area contributed by atoms with Gasteiger partial charge in [0.2, 0.25) is 5.91 Å². The third-order valence-electron chi connectivity index (χ3n) is 4.07. The fourth-order valence-electron chi connectivity index (χ4n) is 2.79. The van der Waals surface area contributed by atoms with Gasteiger partial charge in [0.25, 0.3) is 0 Å². The molecule has 2 fully saturated rings. The maximum absolute atomic E-state index is 12.1. The van der Waals surface area contributed by atoms with Crippen molar-refractivity contribution in [2.24, 2.45) is 5.92 Å². The van der Waals surface area contributed by atoms with E-state index < -0.39 is 0 Å². The van der Waals surface area contributed by atoms with Gasteiger partial charge < -0.3 is 15.0 Å². The van der Waals surface area contributed by atoms with Crippen LogP contribution in [0.5, 0.6) is 0 Å². The van der Waals surface area contributed by atoms with Crippen LogP contribution in [0.3, 0.4) is 0 Å². The zero-order chi connectivity index (χ0) is 14.1. The summed E-state index contributed by atoms with van der Waals surface area (Å²) in [6.07, 6.45) is 5.27. The van der Waals surface area contributed by atoms with Gasteiger partial charge in [-0.15, -0.1) is 11.3 Å². The van der Waals surface area contributed by atoms with Crippen LogP contribution in [0.15, 0.2) is 0 Å². The molecule has 1 amide bonds. The fourth-order valence-corrected chi connectivity index (χ4v) is 4.08. The standard InChI is InChI=1S/C14H20N2O2S2/c1-8-12(20-14(19)15-8)7-13(17)16-10-4-5-18-11(6-10)9-2-3-9/h9-11H,2-7H2,1H3,(H,15,19)(H,16,17)/t10-,11+/m1/s1. The second-order valence-electron chi connectivity index (χ2n) is 5.77. The van der Waals surface area contributed by atoms with Crippen LogP contribution in [-0.2, 0) is 16.0 Å². The Morgan fingerprint density at radius 1 is 1.50 bits per heavy atom. The van der Waals surface area contributed by atoms with Crippen molar-refractivity contribution in [3.8, 4) is 0 Å². The Bertz CT molecular complexity index is 548. The molecule has 2 atom stereocenters. The molecule has 1 aliphatic carbocycles. The van der Waals surface area contributed by atoms with Gasteiger partial charge in [-0.05, 0) is 50.7 Å². The van der Waals surface area contributed by atoms with Crippen molar-refractivity contribution in [1.82, 2.24) is 10.3 Å². The van der Waals surface area contributed by atoms with Crippen molar-refractivity contribution >= 4 is 29.5 Å². The number of thiazole rings is 1. The van der Waals surface area contributed by atoms with Gasteiger partial charge in [-0.3, -0.25) is 4.79 Å². The van der Waals surface area contributed by atoms with E-state index in [9.17, 15) is 4.79 Å². The molecule has 110 valence electrons. The first-order chi connectivity index (χ1) is 9.61. The number of rotatable bonds is 4. The predicted molar refractivity (Wildman–Crippen MR) is 81.6 cm³/mol. The molecular weight excluding hydrogens is 292 g/mol. The van der Waals surface area contributed by atoms with Crippen molar-refractivity contribution in [2.45, 2.75) is 51.2 Å². The average Bonchev–Trinajstić information content (AvgIpc) is 3.18. The Morgan fingerprint density at radius 2 is 2.30 bits per heavy atom. The first-order valence-corrected chi connectivity index (χ1v) is 8.44. The van der Waals surface area contributed by atoms with Gasteiger partial charge in [0.1, 0.15) is 0 Å². The molecule has 3 rings (SSSR count). The summed E-state index contributed by atoms with van der Waals surface area (Å²) in [4.78, 5) is 16.3. The Labute approximate surface area is 127 Å². The minimum atomic E-state index is 0.0970. The van der Waals surface area contributed by atoms with Gasteiger partial charge in [-0.25, -0.2) is 0 Å². The molecule has 0 aromatic carbocycles. The van der Waals surface area contributed by atoms with E-state index in [4.69, 9.17) is 17.0 Å². The van der Waals surface area contributed by atoms with E-state index in [1.54, 1.807) is 0 Å². The molecular formula is C14H20N2O2S2. The third kappa shape index (κ3) is 3.48. The minimum absolute atomic E-state index is 0.0970. The smallest absolute Gasteiger partial charge is 0.225 e. The van der Waals surface area contributed by atoms with Crippen LogP contribution in [-0.4, -0.2) is 29.6 Å². The van der Waals surface area contributed by atoms with Crippen molar-refractivity contribution < 1.29 is 9.53 Å². The maximum atomic E-state index is 12.1. The number of hydrogen-bond donors (Lipinski definition) is 2. The second kappa shape index (κ2) is 5.95. The molecule has 1 aromatic rings. The van der Waals surface area contributed by atoms with Crippen molar-refractivity contribution in [3.63, 3.8) is 0 Å². The van der Waals surface area contributed by atoms with Crippen molar-refractivity contribution in [3.05, 3.63) is 14.5 Å². The van der Waals surface area contributed by atoms with E-state index in [2.05, 4.69) is 10.3 Å². The maximum Gasteiger partial charge on any atom is 0.225 e. The van der Waals surface area contributed by atoms with E-state index in [0.717, 1.165) is 39.9 Å². The molecule has 1 aromatic heterocycles. The molecule has 0 unspecified atom stereocenters. The number of carbonyl (C=O) groups is 1. The average molecular weight is 312 g/mol.